The van der Waals surface area contributed by atoms with Gasteiger partial charge in [-0.2, -0.15) is 0 Å². The van der Waals surface area contributed by atoms with Crippen molar-refractivity contribution in [3.05, 3.63) is 0 Å². The van der Waals surface area contributed by atoms with Gasteiger partial charge < -0.3 is 9.31 Å². The van der Waals surface area contributed by atoms with Crippen molar-refractivity contribution in [2.45, 2.75) is 26.7 Å². The summed E-state index contributed by atoms with van der Waals surface area (Å²) in [5, 5.41) is 0. The zero-order valence-corrected chi connectivity index (χ0v) is 8.57. The number of carbonyl (C=O) groups is 4. The Morgan fingerprint density at radius 2 is 1.20 bits per heavy atom. The van der Waals surface area contributed by atoms with E-state index in [4.69, 9.17) is 0 Å². The molecule has 0 aliphatic heterocycles. The zero-order chi connectivity index (χ0) is 11.8. The molecule has 0 unspecified atom stereocenters. The molecule has 0 aromatic rings. The molecule has 0 spiro atoms. The van der Waals surface area contributed by atoms with Gasteiger partial charge in [-0.25, -0.2) is 0 Å². The average molecular weight is 214 g/mol. The summed E-state index contributed by atoms with van der Waals surface area (Å²) in [6.07, 6.45) is -0.714. The fraction of sp³-hybridized carbons (Fsp3) is 0.500. The van der Waals surface area contributed by atoms with E-state index in [9.17, 15) is 19.2 Å². The highest BCUT2D eigenvalue weighted by molar-refractivity contribution is 6.27. The molecule has 0 atom stereocenters. The molecule has 0 aromatic carbocycles. The molecule has 0 fully saturated rings. The van der Waals surface area contributed by atoms with Crippen LogP contribution in [0, 0.1) is 0 Å². The SMILES string of the molecule is CC(=O)CC(=O)OBOC(=O)CC(C)=O. The lowest BCUT2D eigenvalue weighted by Crippen LogP contribution is -2.18. The molecular formula is C8H11BO6. The van der Waals surface area contributed by atoms with Gasteiger partial charge in [0.05, 0.1) is 0 Å². The molecule has 0 N–H and O–H groups in total. The minimum atomic E-state index is -0.766. The molecule has 6 nitrogen and oxygen atoms in total. The quantitative estimate of drug-likeness (QED) is 0.429. The molecule has 0 radical (unpaired) electrons. The van der Waals surface area contributed by atoms with E-state index in [1.165, 1.54) is 13.8 Å². The average Bonchev–Trinajstić information content (AvgIpc) is 2.00. The van der Waals surface area contributed by atoms with E-state index in [0.717, 1.165) is 0 Å². The standard InChI is InChI=1S/C8H11BO6/c1-5(10)3-7(12)14-9-15-8(13)4-6(2)11/h9H,3-4H2,1-2H3. The molecule has 82 valence electrons. The molecule has 15 heavy (non-hydrogen) atoms. The highest BCUT2D eigenvalue weighted by Gasteiger charge is 2.11. The van der Waals surface area contributed by atoms with Crippen LogP contribution in [0.15, 0.2) is 0 Å². The topological polar surface area (TPSA) is 86.7 Å². The first-order valence-corrected chi connectivity index (χ1v) is 4.22. The summed E-state index contributed by atoms with van der Waals surface area (Å²) in [7, 11) is -0.571. The fourth-order valence-electron chi connectivity index (χ4n) is 0.669. The van der Waals surface area contributed by atoms with Crippen LogP contribution in [0.1, 0.15) is 26.7 Å². The van der Waals surface area contributed by atoms with Gasteiger partial charge in [-0.3, -0.25) is 19.2 Å². The van der Waals surface area contributed by atoms with Crippen LogP contribution in [0.25, 0.3) is 0 Å². The second kappa shape index (κ2) is 6.75. The van der Waals surface area contributed by atoms with Crippen molar-refractivity contribution in [3.63, 3.8) is 0 Å². The van der Waals surface area contributed by atoms with Gasteiger partial charge in [0, 0.05) is 0 Å². The minimum Gasteiger partial charge on any atom is -0.502 e. The Labute approximate surface area is 87.2 Å². The molecule has 0 saturated carbocycles. The van der Waals surface area contributed by atoms with Crippen molar-refractivity contribution in [2.75, 3.05) is 0 Å². The molecule has 0 aromatic heterocycles. The Morgan fingerprint density at radius 3 is 1.47 bits per heavy atom. The number of Topliss-reactive ketones (excluding diaryl/α,β-unsaturated/α-hetero) is 2. The van der Waals surface area contributed by atoms with Crippen LogP contribution < -0.4 is 0 Å². The maximum absolute atomic E-state index is 10.8. The molecule has 0 aliphatic carbocycles. The van der Waals surface area contributed by atoms with E-state index in [0.29, 0.717) is 0 Å². The van der Waals surface area contributed by atoms with E-state index in [1.54, 1.807) is 0 Å². The third-order valence-electron chi connectivity index (χ3n) is 1.23. The van der Waals surface area contributed by atoms with Gasteiger partial charge in [0.15, 0.2) is 0 Å². The minimum absolute atomic E-state index is 0.338. The third kappa shape index (κ3) is 8.67. The molecule has 0 bridgehead atoms. The Balaban J connectivity index is 3.61. The smallest absolute Gasteiger partial charge is 0.502 e. The summed E-state index contributed by atoms with van der Waals surface area (Å²) < 4.78 is 8.78. The molecule has 0 amide bonds. The van der Waals surface area contributed by atoms with Gasteiger partial charge in [0.2, 0.25) is 0 Å². The Kier molecular flexibility index (Phi) is 6.00. The lowest BCUT2D eigenvalue weighted by atomic mass is 10.3. The number of rotatable bonds is 6. The van der Waals surface area contributed by atoms with Gasteiger partial charge >= 0.3 is 7.69 Å². The maximum Gasteiger partial charge on any atom is 0.580 e. The van der Waals surface area contributed by atoms with Crippen molar-refractivity contribution in [3.8, 4) is 0 Å². The van der Waals surface area contributed by atoms with Crippen LogP contribution in [0.3, 0.4) is 0 Å². The summed E-state index contributed by atoms with van der Waals surface area (Å²) in [5.74, 6) is -2.21. The van der Waals surface area contributed by atoms with Gasteiger partial charge in [-0.15, -0.1) is 0 Å². The van der Waals surface area contributed by atoms with Crippen LogP contribution in [-0.2, 0) is 28.5 Å². The van der Waals surface area contributed by atoms with Crippen molar-refractivity contribution in [1.29, 1.82) is 0 Å². The maximum atomic E-state index is 10.8. The largest absolute Gasteiger partial charge is 0.580 e. The summed E-state index contributed by atoms with van der Waals surface area (Å²) >= 11 is 0. The van der Waals surface area contributed by atoms with Crippen molar-refractivity contribution < 1.29 is 28.5 Å². The van der Waals surface area contributed by atoms with Gasteiger partial charge in [-0.1, -0.05) is 0 Å². The van der Waals surface area contributed by atoms with Gasteiger partial charge in [-0.05, 0) is 13.8 Å². The Hall–Kier alpha value is -1.66. The number of hydrogen-bond donors (Lipinski definition) is 0. The van der Waals surface area contributed by atoms with Crippen LogP contribution in [0.5, 0.6) is 0 Å². The summed E-state index contributed by atoms with van der Waals surface area (Å²) in [6, 6.07) is 0. The number of hydrogen-bond acceptors (Lipinski definition) is 6. The van der Waals surface area contributed by atoms with E-state index < -0.39 is 19.6 Å². The molecule has 0 rings (SSSR count). The highest BCUT2D eigenvalue weighted by Crippen LogP contribution is 1.90. The predicted molar refractivity (Wildman–Crippen MR) is 49.9 cm³/mol. The highest BCUT2D eigenvalue weighted by atomic mass is 16.6. The molecule has 0 saturated heterocycles. The molecule has 0 heterocycles. The summed E-state index contributed by atoms with van der Waals surface area (Å²) in [6.45, 7) is 2.48. The number of carbonyl (C=O) groups excluding carboxylic acids is 4. The normalized spacial score (nSPS) is 8.93. The Bertz CT molecular complexity index is 257. The van der Waals surface area contributed by atoms with Crippen molar-refractivity contribution >= 4 is 31.2 Å². The van der Waals surface area contributed by atoms with Crippen LogP contribution in [-0.4, -0.2) is 31.2 Å². The lowest BCUT2D eigenvalue weighted by molar-refractivity contribution is -0.141. The lowest BCUT2D eigenvalue weighted by Gasteiger charge is -2.02. The predicted octanol–water partition coefficient (Wildman–Crippen LogP) is -0.703. The molecule has 0 aliphatic rings. The fourth-order valence-corrected chi connectivity index (χ4v) is 0.669. The number of ketones is 2. The third-order valence-corrected chi connectivity index (χ3v) is 1.23. The van der Waals surface area contributed by atoms with Crippen molar-refractivity contribution in [2.24, 2.45) is 0 Å². The first-order valence-electron chi connectivity index (χ1n) is 4.22. The second-order valence-corrected chi connectivity index (χ2v) is 2.91. The van der Waals surface area contributed by atoms with E-state index in [2.05, 4.69) is 9.31 Å². The van der Waals surface area contributed by atoms with E-state index >= 15 is 0 Å². The van der Waals surface area contributed by atoms with Crippen LogP contribution >= 0.6 is 0 Å². The van der Waals surface area contributed by atoms with E-state index in [1.807, 2.05) is 0 Å². The molecule has 7 heteroatoms. The van der Waals surface area contributed by atoms with Crippen LogP contribution in [0.4, 0.5) is 0 Å². The summed E-state index contributed by atoms with van der Waals surface area (Å²) in [4.78, 5) is 42.4. The summed E-state index contributed by atoms with van der Waals surface area (Å²) in [5.41, 5.74) is 0. The molecular weight excluding hydrogens is 203 g/mol. The van der Waals surface area contributed by atoms with Crippen molar-refractivity contribution in [1.82, 2.24) is 0 Å². The van der Waals surface area contributed by atoms with Crippen LogP contribution in [0.2, 0.25) is 0 Å². The first-order chi connectivity index (χ1) is 6.91. The second-order valence-electron chi connectivity index (χ2n) is 2.91. The van der Waals surface area contributed by atoms with E-state index in [-0.39, 0.29) is 24.4 Å². The first kappa shape index (κ1) is 13.3. The van der Waals surface area contributed by atoms with Gasteiger partial charge in [0.1, 0.15) is 24.4 Å². The monoisotopic (exact) mass is 214 g/mol. The zero-order valence-electron chi connectivity index (χ0n) is 8.57. The Morgan fingerprint density at radius 1 is 0.867 bits per heavy atom. The van der Waals surface area contributed by atoms with Gasteiger partial charge in [0.25, 0.3) is 11.9 Å².